The number of carbonyl (C=O) groups excluding carboxylic acids is 1. The van der Waals surface area contributed by atoms with Crippen LogP contribution in [0.3, 0.4) is 0 Å². The molecule has 1 amide bonds. The fraction of sp³-hybridized carbons (Fsp3) is 0.462. The lowest BCUT2D eigenvalue weighted by Crippen LogP contribution is -2.56. The maximum Gasteiger partial charge on any atom is 0.237 e. The van der Waals surface area contributed by atoms with Crippen molar-refractivity contribution in [3.63, 3.8) is 0 Å². The van der Waals surface area contributed by atoms with Crippen molar-refractivity contribution in [1.82, 2.24) is 0 Å². The third-order valence-electron chi connectivity index (χ3n) is 3.44. The number of halogens is 2. The number of benzene rings is 1. The van der Waals surface area contributed by atoms with E-state index in [9.17, 15) is 13.6 Å². The van der Waals surface area contributed by atoms with Gasteiger partial charge < -0.3 is 16.2 Å². The molecular weight excluding hydrogens is 254 g/mol. The average Bonchev–Trinajstić information content (AvgIpc) is 2.35. The Balaban J connectivity index is 2.11. The van der Waals surface area contributed by atoms with Crippen LogP contribution in [-0.2, 0) is 4.79 Å². The summed E-state index contributed by atoms with van der Waals surface area (Å²) in [6.45, 7) is 0. The molecule has 1 aliphatic rings. The van der Waals surface area contributed by atoms with Gasteiger partial charge in [0.15, 0.2) is 11.6 Å². The molecule has 1 aliphatic carbocycles. The molecule has 4 nitrogen and oxygen atoms in total. The van der Waals surface area contributed by atoms with Crippen molar-refractivity contribution in [3.05, 3.63) is 29.8 Å². The zero-order chi connectivity index (χ0) is 14.0. The number of carbonyl (C=O) groups is 1. The molecule has 0 saturated heterocycles. The molecule has 2 rings (SSSR count). The summed E-state index contributed by atoms with van der Waals surface area (Å²) in [5.74, 6) is -2.77. The van der Waals surface area contributed by atoms with E-state index < -0.39 is 29.2 Å². The molecule has 104 valence electrons. The molecule has 0 spiro atoms. The van der Waals surface area contributed by atoms with E-state index in [1.807, 2.05) is 0 Å². The minimum absolute atomic E-state index is 0.168. The lowest BCUT2D eigenvalue weighted by atomic mass is 9.80. The third-order valence-corrected chi connectivity index (χ3v) is 3.44. The summed E-state index contributed by atoms with van der Waals surface area (Å²) < 4.78 is 32.0. The molecule has 0 radical (unpaired) electrons. The second-order valence-corrected chi connectivity index (χ2v) is 4.91. The SMILES string of the molecule is NC(=O)C1(N)CCCC(Oc2cccc(F)c2F)C1. The maximum atomic E-state index is 13.5. The van der Waals surface area contributed by atoms with Gasteiger partial charge in [0.25, 0.3) is 0 Å². The first-order valence-corrected chi connectivity index (χ1v) is 6.12. The van der Waals surface area contributed by atoms with Crippen LogP contribution in [0.1, 0.15) is 25.7 Å². The minimum Gasteiger partial charge on any atom is -0.487 e. The summed E-state index contributed by atoms with van der Waals surface area (Å²) in [6.07, 6.45) is 1.53. The first-order chi connectivity index (χ1) is 8.92. The summed E-state index contributed by atoms with van der Waals surface area (Å²) >= 11 is 0. The van der Waals surface area contributed by atoms with E-state index in [0.29, 0.717) is 19.3 Å². The molecule has 19 heavy (non-hydrogen) atoms. The van der Waals surface area contributed by atoms with Crippen LogP contribution in [0.4, 0.5) is 8.78 Å². The monoisotopic (exact) mass is 270 g/mol. The number of ether oxygens (including phenoxy) is 1. The van der Waals surface area contributed by atoms with Crippen molar-refractivity contribution in [2.75, 3.05) is 0 Å². The summed E-state index contributed by atoms with van der Waals surface area (Å²) in [7, 11) is 0. The Kier molecular flexibility index (Phi) is 3.71. The molecule has 0 aliphatic heterocycles. The van der Waals surface area contributed by atoms with Gasteiger partial charge in [0, 0.05) is 6.42 Å². The fourth-order valence-corrected chi connectivity index (χ4v) is 2.33. The van der Waals surface area contributed by atoms with E-state index in [2.05, 4.69) is 0 Å². The van der Waals surface area contributed by atoms with Crippen LogP contribution < -0.4 is 16.2 Å². The van der Waals surface area contributed by atoms with Crippen molar-refractivity contribution >= 4 is 5.91 Å². The third kappa shape index (κ3) is 2.84. The highest BCUT2D eigenvalue weighted by Crippen LogP contribution is 2.30. The van der Waals surface area contributed by atoms with Crippen LogP contribution in [0.5, 0.6) is 5.75 Å². The van der Waals surface area contributed by atoms with Crippen LogP contribution in [0.15, 0.2) is 18.2 Å². The van der Waals surface area contributed by atoms with Gasteiger partial charge in [0.05, 0.1) is 5.54 Å². The lowest BCUT2D eigenvalue weighted by Gasteiger charge is -2.35. The molecule has 0 heterocycles. The predicted molar refractivity (Wildman–Crippen MR) is 65.4 cm³/mol. The molecule has 4 N–H and O–H groups in total. The molecule has 6 heteroatoms. The number of hydrogen-bond donors (Lipinski definition) is 2. The largest absolute Gasteiger partial charge is 0.487 e. The molecule has 2 atom stereocenters. The van der Waals surface area contributed by atoms with Crippen LogP contribution in [0, 0.1) is 11.6 Å². The average molecular weight is 270 g/mol. The van der Waals surface area contributed by atoms with Crippen molar-refractivity contribution in [2.24, 2.45) is 11.5 Å². The van der Waals surface area contributed by atoms with Crippen LogP contribution in [0.2, 0.25) is 0 Å². The minimum atomic E-state index is -1.13. The molecule has 0 aromatic heterocycles. The standard InChI is InChI=1S/C13H16F2N2O2/c14-9-4-1-5-10(11(9)15)19-8-3-2-6-13(17,7-8)12(16)18/h1,4-5,8H,2-3,6-7,17H2,(H2,16,18). The van der Waals surface area contributed by atoms with E-state index in [0.717, 1.165) is 6.07 Å². The van der Waals surface area contributed by atoms with Gasteiger partial charge in [-0.2, -0.15) is 4.39 Å². The van der Waals surface area contributed by atoms with E-state index in [-0.39, 0.29) is 12.2 Å². The molecule has 1 aromatic rings. The Morgan fingerprint density at radius 1 is 1.42 bits per heavy atom. The molecule has 1 aromatic carbocycles. The highest BCUT2D eigenvalue weighted by atomic mass is 19.2. The Morgan fingerprint density at radius 2 is 2.16 bits per heavy atom. The molecule has 0 bridgehead atoms. The van der Waals surface area contributed by atoms with Crippen molar-refractivity contribution < 1.29 is 18.3 Å². The second-order valence-electron chi connectivity index (χ2n) is 4.91. The molecule has 2 unspecified atom stereocenters. The van der Waals surface area contributed by atoms with Crippen molar-refractivity contribution in [3.8, 4) is 5.75 Å². The first-order valence-electron chi connectivity index (χ1n) is 6.12. The van der Waals surface area contributed by atoms with Crippen molar-refractivity contribution in [2.45, 2.75) is 37.3 Å². The Bertz CT molecular complexity index is 496. The van der Waals surface area contributed by atoms with Gasteiger partial charge in [-0.05, 0) is 31.4 Å². The normalized spacial score (nSPS) is 27.0. The van der Waals surface area contributed by atoms with Gasteiger partial charge in [0.1, 0.15) is 6.10 Å². The second kappa shape index (κ2) is 5.13. The number of primary amides is 1. The molecular formula is C13H16F2N2O2. The van der Waals surface area contributed by atoms with E-state index in [1.54, 1.807) is 0 Å². The highest BCUT2D eigenvalue weighted by Gasteiger charge is 2.39. The van der Waals surface area contributed by atoms with E-state index in [1.165, 1.54) is 12.1 Å². The fourth-order valence-electron chi connectivity index (χ4n) is 2.33. The van der Waals surface area contributed by atoms with Crippen LogP contribution >= 0.6 is 0 Å². The van der Waals surface area contributed by atoms with E-state index in [4.69, 9.17) is 16.2 Å². The highest BCUT2D eigenvalue weighted by molar-refractivity contribution is 5.84. The topological polar surface area (TPSA) is 78.3 Å². The Morgan fingerprint density at radius 3 is 2.84 bits per heavy atom. The predicted octanol–water partition coefficient (Wildman–Crippen LogP) is 1.47. The van der Waals surface area contributed by atoms with Crippen LogP contribution in [0.25, 0.3) is 0 Å². The molecule has 1 fully saturated rings. The first kappa shape index (κ1) is 13.7. The Labute approximate surface area is 109 Å². The van der Waals surface area contributed by atoms with Gasteiger partial charge >= 0.3 is 0 Å². The smallest absolute Gasteiger partial charge is 0.237 e. The number of rotatable bonds is 3. The van der Waals surface area contributed by atoms with Crippen molar-refractivity contribution in [1.29, 1.82) is 0 Å². The summed E-state index contributed by atoms with van der Waals surface area (Å²) in [5, 5.41) is 0. The summed E-state index contributed by atoms with van der Waals surface area (Å²) in [5.41, 5.74) is 10.0. The lowest BCUT2D eigenvalue weighted by molar-refractivity contribution is -0.125. The van der Waals surface area contributed by atoms with Crippen LogP contribution in [-0.4, -0.2) is 17.6 Å². The maximum absolute atomic E-state index is 13.5. The van der Waals surface area contributed by atoms with E-state index >= 15 is 0 Å². The quantitative estimate of drug-likeness (QED) is 0.873. The van der Waals surface area contributed by atoms with Gasteiger partial charge in [-0.15, -0.1) is 0 Å². The summed E-state index contributed by atoms with van der Waals surface area (Å²) in [6, 6.07) is 3.72. The van der Waals surface area contributed by atoms with Gasteiger partial charge in [0.2, 0.25) is 11.7 Å². The number of nitrogens with two attached hydrogens (primary N) is 2. The van der Waals surface area contributed by atoms with Gasteiger partial charge in [-0.1, -0.05) is 6.07 Å². The van der Waals surface area contributed by atoms with Gasteiger partial charge in [-0.3, -0.25) is 4.79 Å². The Hall–Kier alpha value is -1.69. The molecule has 1 saturated carbocycles. The number of amides is 1. The van der Waals surface area contributed by atoms with Gasteiger partial charge in [-0.25, -0.2) is 4.39 Å². The zero-order valence-corrected chi connectivity index (χ0v) is 10.4. The zero-order valence-electron chi connectivity index (χ0n) is 10.4. The number of hydrogen-bond acceptors (Lipinski definition) is 3. The summed E-state index contributed by atoms with van der Waals surface area (Å²) in [4.78, 5) is 11.3.